The van der Waals surface area contributed by atoms with E-state index in [0.717, 1.165) is 27.7 Å². The molecule has 0 radical (unpaired) electrons. The number of hydrogen-bond donors (Lipinski definition) is 3. The molecule has 1 saturated heterocycles. The lowest BCUT2D eigenvalue weighted by atomic mass is 9.92. The van der Waals surface area contributed by atoms with E-state index in [9.17, 15) is 14.4 Å². The molecule has 1 atom stereocenters. The molecule has 2 heterocycles. The topological polar surface area (TPSA) is 100 Å². The smallest absolute Gasteiger partial charge is 0.322 e. The fraction of sp³-hybridized carbons (Fsp3) is 0.227. The quantitative estimate of drug-likeness (QED) is 0.594. The van der Waals surface area contributed by atoms with E-state index in [4.69, 9.17) is 4.42 Å². The minimum atomic E-state index is -1.17. The molecule has 29 heavy (non-hydrogen) atoms. The molecule has 1 aliphatic heterocycles. The molecule has 1 fully saturated rings. The molecule has 2 aromatic carbocycles. The molecule has 3 N–H and O–H groups in total. The highest BCUT2D eigenvalue weighted by Gasteiger charge is 2.43. The molecule has 0 spiro atoms. The molecule has 0 bridgehead atoms. The normalized spacial score (nSPS) is 18.6. The fourth-order valence-corrected chi connectivity index (χ4v) is 3.51. The molecule has 0 aliphatic carbocycles. The Bertz CT molecular complexity index is 1160. The standard InChI is InChI=1S/C22H21N3O4/c1-12-7-17-14(11-29-18(17)8-13(12)2)9-19(26)23-16-6-4-5-15(10-16)22(3)20(27)24-21(28)25-22/h4-8,10-11H,9H2,1-3H3,(H,23,26)(H2,24,25,27,28)/t22-/m0/s1. The molecule has 4 rings (SSSR count). The van der Waals surface area contributed by atoms with E-state index in [-0.39, 0.29) is 12.3 Å². The third kappa shape index (κ3) is 3.35. The third-order valence-corrected chi connectivity index (χ3v) is 5.39. The van der Waals surface area contributed by atoms with E-state index in [2.05, 4.69) is 16.0 Å². The van der Waals surface area contributed by atoms with E-state index in [0.29, 0.717) is 11.3 Å². The third-order valence-electron chi connectivity index (χ3n) is 5.39. The number of aryl methyl sites for hydroxylation is 2. The van der Waals surface area contributed by atoms with Crippen LogP contribution in [-0.2, 0) is 21.5 Å². The predicted octanol–water partition coefficient (Wildman–Crippen LogP) is 3.29. The second kappa shape index (κ2) is 6.77. The predicted molar refractivity (Wildman–Crippen MR) is 108 cm³/mol. The minimum absolute atomic E-state index is 0.161. The Morgan fingerprint density at radius 3 is 2.62 bits per heavy atom. The van der Waals surface area contributed by atoms with Gasteiger partial charge in [-0.3, -0.25) is 14.9 Å². The Kier molecular flexibility index (Phi) is 4.38. The van der Waals surface area contributed by atoms with Crippen LogP contribution in [0.2, 0.25) is 0 Å². The van der Waals surface area contributed by atoms with Gasteiger partial charge in [0, 0.05) is 16.6 Å². The van der Waals surface area contributed by atoms with Gasteiger partial charge in [-0.2, -0.15) is 0 Å². The fourth-order valence-electron chi connectivity index (χ4n) is 3.51. The number of hydrogen-bond acceptors (Lipinski definition) is 4. The van der Waals surface area contributed by atoms with Gasteiger partial charge in [-0.15, -0.1) is 0 Å². The summed E-state index contributed by atoms with van der Waals surface area (Å²) < 4.78 is 5.59. The van der Waals surface area contributed by atoms with Gasteiger partial charge in [0.1, 0.15) is 11.1 Å². The lowest BCUT2D eigenvalue weighted by Gasteiger charge is -2.21. The number of anilines is 1. The highest BCUT2D eigenvalue weighted by atomic mass is 16.3. The first-order chi connectivity index (χ1) is 13.8. The number of carbonyl (C=O) groups is 3. The van der Waals surface area contributed by atoms with Crippen LogP contribution in [0.5, 0.6) is 0 Å². The first-order valence-electron chi connectivity index (χ1n) is 9.27. The maximum absolute atomic E-state index is 12.6. The summed E-state index contributed by atoms with van der Waals surface area (Å²) in [7, 11) is 0. The lowest BCUT2D eigenvalue weighted by Crippen LogP contribution is -2.40. The number of nitrogens with one attached hydrogen (secondary N) is 3. The summed E-state index contributed by atoms with van der Waals surface area (Å²) in [5, 5.41) is 8.63. The van der Waals surface area contributed by atoms with Gasteiger partial charge >= 0.3 is 6.03 Å². The van der Waals surface area contributed by atoms with Gasteiger partial charge in [0.15, 0.2) is 0 Å². The number of rotatable bonds is 4. The summed E-state index contributed by atoms with van der Waals surface area (Å²) in [6.45, 7) is 5.66. The molecule has 4 amide bonds. The second-order valence-electron chi connectivity index (χ2n) is 7.53. The van der Waals surface area contributed by atoms with Crippen molar-refractivity contribution in [2.45, 2.75) is 32.7 Å². The van der Waals surface area contributed by atoms with Crippen molar-refractivity contribution >= 4 is 34.5 Å². The Morgan fingerprint density at radius 2 is 1.90 bits per heavy atom. The van der Waals surface area contributed by atoms with Gasteiger partial charge in [0.25, 0.3) is 5.91 Å². The van der Waals surface area contributed by atoms with Crippen molar-refractivity contribution in [2.75, 3.05) is 5.32 Å². The van der Waals surface area contributed by atoms with Crippen LogP contribution in [0, 0.1) is 13.8 Å². The van der Waals surface area contributed by atoms with Gasteiger partial charge in [-0.05, 0) is 61.7 Å². The molecule has 7 nitrogen and oxygen atoms in total. The highest BCUT2D eigenvalue weighted by Crippen LogP contribution is 2.28. The summed E-state index contributed by atoms with van der Waals surface area (Å²) in [5.41, 5.74) is 3.80. The van der Waals surface area contributed by atoms with E-state index in [1.807, 2.05) is 26.0 Å². The number of fused-ring (bicyclic) bond motifs is 1. The van der Waals surface area contributed by atoms with E-state index in [1.165, 1.54) is 0 Å². The van der Waals surface area contributed by atoms with E-state index >= 15 is 0 Å². The molecule has 3 aromatic rings. The van der Waals surface area contributed by atoms with Gasteiger partial charge in [-0.25, -0.2) is 4.79 Å². The Balaban J connectivity index is 1.53. The molecule has 7 heteroatoms. The van der Waals surface area contributed by atoms with Crippen LogP contribution in [0.25, 0.3) is 11.0 Å². The first kappa shape index (κ1) is 18.7. The number of benzene rings is 2. The van der Waals surface area contributed by atoms with Crippen LogP contribution in [0.4, 0.5) is 10.5 Å². The second-order valence-corrected chi connectivity index (χ2v) is 7.53. The van der Waals surface area contributed by atoms with Gasteiger partial charge < -0.3 is 15.1 Å². The number of urea groups is 1. The van der Waals surface area contributed by atoms with Crippen LogP contribution < -0.4 is 16.0 Å². The zero-order valence-corrected chi connectivity index (χ0v) is 16.4. The molecule has 148 valence electrons. The van der Waals surface area contributed by atoms with Gasteiger partial charge in [0.2, 0.25) is 5.91 Å². The summed E-state index contributed by atoms with van der Waals surface area (Å²) in [6, 6.07) is 10.3. The van der Waals surface area contributed by atoms with Crippen molar-refractivity contribution in [3.05, 3.63) is 64.9 Å². The number of amides is 4. The van der Waals surface area contributed by atoms with Gasteiger partial charge in [0.05, 0.1) is 12.7 Å². The van der Waals surface area contributed by atoms with Crippen LogP contribution in [-0.4, -0.2) is 17.8 Å². The SMILES string of the molecule is Cc1cc2occ(CC(=O)Nc3cccc([C@]4(C)NC(=O)NC4=O)c3)c2cc1C. The number of carbonyl (C=O) groups excluding carboxylic acids is 3. The van der Waals surface area contributed by atoms with Crippen molar-refractivity contribution < 1.29 is 18.8 Å². The summed E-state index contributed by atoms with van der Waals surface area (Å²) in [4.78, 5) is 36.3. The minimum Gasteiger partial charge on any atom is -0.464 e. The van der Waals surface area contributed by atoms with Crippen LogP contribution >= 0.6 is 0 Å². The average molecular weight is 391 g/mol. The average Bonchev–Trinajstić information content (AvgIpc) is 3.16. The van der Waals surface area contributed by atoms with Crippen molar-refractivity contribution in [3.8, 4) is 0 Å². The first-order valence-corrected chi connectivity index (χ1v) is 9.27. The monoisotopic (exact) mass is 391 g/mol. The van der Waals surface area contributed by atoms with Crippen molar-refractivity contribution in [1.82, 2.24) is 10.6 Å². The number of imide groups is 1. The molecule has 1 aliphatic rings. The maximum atomic E-state index is 12.6. The molecule has 0 saturated carbocycles. The highest BCUT2D eigenvalue weighted by molar-refractivity contribution is 6.07. The summed E-state index contributed by atoms with van der Waals surface area (Å²) in [5.74, 6) is -0.630. The summed E-state index contributed by atoms with van der Waals surface area (Å²) >= 11 is 0. The van der Waals surface area contributed by atoms with Crippen molar-refractivity contribution in [2.24, 2.45) is 0 Å². The van der Waals surface area contributed by atoms with E-state index in [1.54, 1.807) is 37.5 Å². The Hall–Kier alpha value is -3.61. The van der Waals surface area contributed by atoms with Crippen molar-refractivity contribution in [3.63, 3.8) is 0 Å². The number of furan rings is 1. The summed E-state index contributed by atoms with van der Waals surface area (Å²) in [6.07, 6.45) is 1.77. The Labute approximate surface area is 167 Å². The van der Waals surface area contributed by atoms with Crippen LogP contribution in [0.1, 0.15) is 29.2 Å². The van der Waals surface area contributed by atoms with Crippen molar-refractivity contribution in [1.29, 1.82) is 0 Å². The molecule has 1 aromatic heterocycles. The zero-order valence-electron chi connectivity index (χ0n) is 16.4. The zero-order chi connectivity index (χ0) is 20.8. The molecule has 0 unspecified atom stereocenters. The van der Waals surface area contributed by atoms with E-state index < -0.39 is 17.5 Å². The van der Waals surface area contributed by atoms with Crippen LogP contribution in [0.3, 0.4) is 0 Å². The largest absolute Gasteiger partial charge is 0.464 e. The molecular weight excluding hydrogens is 370 g/mol. The maximum Gasteiger partial charge on any atom is 0.322 e. The molecular formula is C22H21N3O4. The lowest BCUT2D eigenvalue weighted by molar-refractivity contribution is -0.123. The van der Waals surface area contributed by atoms with Gasteiger partial charge in [-0.1, -0.05) is 12.1 Å². The van der Waals surface area contributed by atoms with Crippen LogP contribution in [0.15, 0.2) is 47.1 Å². The Morgan fingerprint density at radius 1 is 1.14 bits per heavy atom.